The van der Waals surface area contributed by atoms with Gasteiger partial charge in [-0.3, -0.25) is 19.4 Å². The molecule has 2 fully saturated rings. The number of hydrogen-bond acceptors (Lipinski definition) is 6. The molecule has 1 N–H and O–H groups in total. The zero-order chi connectivity index (χ0) is 21.7. The van der Waals surface area contributed by atoms with E-state index in [0.717, 1.165) is 5.56 Å². The van der Waals surface area contributed by atoms with Crippen molar-refractivity contribution in [1.29, 1.82) is 0 Å². The van der Waals surface area contributed by atoms with Crippen molar-refractivity contribution in [3.05, 3.63) is 35.9 Å². The van der Waals surface area contributed by atoms with Crippen LogP contribution in [0, 0.1) is 0 Å². The first-order valence-corrected chi connectivity index (χ1v) is 11.6. The molecule has 0 radical (unpaired) electrons. The van der Waals surface area contributed by atoms with E-state index in [2.05, 4.69) is 4.72 Å². The van der Waals surface area contributed by atoms with Crippen molar-refractivity contribution in [3.63, 3.8) is 0 Å². The highest BCUT2D eigenvalue weighted by Crippen LogP contribution is 2.24. The number of likely N-dealkylation sites (tertiary alicyclic amines) is 2. The lowest BCUT2D eigenvalue weighted by Crippen LogP contribution is -2.52. The van der Waals surface area contributed by atoms with Crippen LogP contribution in [0.1, 0.15) is 24.8 Å². The predicted molar refractivity (Wildman–Crippen MR) is 112 cm³/mol. The van der Waals surface area contributed by atoms with E-state index in [9.17, 15) is 18.0 Å². The molecule has 0 unspecified atom stereocenters. The number of benzene rings is 1. The van der Waals surface area contributed by atoms with Crippen molar-refractivity contribution < 1.29 is 22.7 Å². The van der Waals surface area contributed by atoms with Gasteiger partial charge in [-0.25, -0.2) is 0 Å². The van der Waals surface area contributed by atoms with Gasteiger partial charge < -0.3 is 4.74 Å². The highest BCUT2D eigenvalue weighted by atomic mass is 32.2. The Morgan fingerprint density at radius 2 is 1.83 bits per heavy atom. The van der Waals surface area contributed by atoms with Gasteiger partial charge in [-0.2, -0.15) is 17.4 Å². The van der Waals surface area contributed by atoms with Gasteiger partial charge in [0, 0.05) is 39.8 Å². The fourth-order valence-electron chi connectivity index (χ4n) is 3.85. The Labute approximate surface area is 178 Å². The van der Waals surface area contributed by atoms with E-state index >= 15 is 0 Å². The van der Waals surface area contributed by atoms with Gasteiger partial charge in [0.1, 0.15) is 0 Å². The summed E-state index contributed by atoms with van der Waals surface area (Å²) >= 11 is 0. The molecule has 166 valence electrons. The maximum atomic E-state index is 12.9. The van der Waals surface area contributed by atoms with Crippen molar-refractivity contribution in [2.45, 2.75) is 37.9 Å². The lowest BCUT2D eigenvalue weighted by Gasteiger charge is -2.35. The highest BCUT2D eigenvalue weighted by Gasteiger charge is 2.42. The number of rotatable bonds is 9. The molecule has 2 heterocycles. The molecule has 1 aromatic carbocycles. The van der Waals surface area contributed by atoms with Crippen molar-refractivity contribution >= 4 is 22.0 Å². The van der Waals surface area contributed by atoms with Crippen molar-refractivity contribution in [2.24, 2.45) is 0 Å². The van der Waals surface area contributed by atoms with Crippen LogP contribution in [0.2, 0.25) is 0 Å². The standard InChI is InChI=1S/C20H30N4O5S/c1-22(12-13-29-2)30(27,28)21-17-8-10-23(11-9-17)18-14-19(25)24(20(18)26)15-16-6-4-3-5-7-16/h3-7,17-18,21H,8-15H2,1-2H3/t18-/m0/s1. The Morgan fingerprint density at radius 1 is 1.17 bits per heavy atom. The SMILES string of the molecule is COCCN(C)S(=O)(=O)NC1CCN([C@H]2CC(=O)N(Cc3ccccc3)C2=O)CC1. The molecule has 9 nitrogen and oxygen atoms in total. The average molecular weight is 439 g/mol. The second kappa shape index (κ2) is 9.97. The zero-order valence-corrected chi connectivity index (χ0v) is 18.3. The Morgan fingerprint density at radius 3 is 2.47 bits per heavy atom. The van der Waals surface area contributed by atoms with Gasteiger partial charge in [-0.1, -0.05) is 30.3 Å². The average Bonchev–Trinajstić information content (AvgIpc) is 3.01. The Balaban J connectivity index is 1.52. The molecular weight excluding hydrogens is 408 g/mol. The maximum absolute atomic E-state index is 12.9. The zero-order valence-electron chi connectivity index (χ0n) is 17.5. The number of piperidine rings is 1. The van der Waals surface area contributed by atoms with Crippen LogP contribution in [0.4, 0.5) is 0 Å². The number of nitrogens with one attached hydrogen (secondary N) is 1. The summed E-state index contributed by atoms with van der Waals surface area (Å²) in [7, 11) is -0.534. The number of imide groups is 1. The largest absolute Gasteiger partial charge is 0.383 e. The summed E-state index contributed by atoms with van der Waals surface area (Å²) in [4.78, 5) is 28.6. The van der Waals surface area contributed by atoms with E-state index in [0.29, 0.717) is 39.1 Å². The summed E-state index contributed by atoms with van der Waals surface area (Å²) in [5, 5.41) is 0. The number of nitrogens with zero attached hydrogens (tertiary/aromatic N) is 3. The van der Waals surface area contributed by atoms with Crippen LogP contribution < -0.4 is 4.72 Å². The van der Waals surface area contributed by atoms with Crippen LogP contribution in [0.3, 0.4) is 0 Å². The number of carbonyl (C=O) groups is 2. The smallest absolute Gasteiger partial charge is 0.279 e. The Hall–Kier alpha value is -1.85. The van der Waals surface area contributed by atoms with E-state index < -0.39 is 16.3 Å². The first kappa shape index (κ1) is 22.8. The van der Waals surface area contributed by atoms with E-state index in [1.54, 1.807) is 0 Å². The molecule has 10 heteroatoms. The predicted octanol–water partition coefficient (Wildman–Crippen LogP) is 0.191. The van der Waals surface area contributed by atoms with Crippen LogP contribution in [0.15, 0.2) is 30.3 Å². The molecule has 3 rings (SSSR count). The summed E-state index contributed by atoms with van der Waals surface area (Å²) < 4.78 is 33.7. The van der Waals surface area contributed by atoms with Gasteiger partial charge in [0.25, 0.3) is 10.2 Å². The molecule has 2 aliphatic rings. The molecule has 1 aromatic rings. The molecule has 2 aliphatic heterocycles. The van der Waals surface area contributed by atoms with Crippen LogP contribution in [0.25, 0.3) is 0 Å². The van der Waals surface area contributed by atoms with Gasteiger partial charge in [-0.15, -0.1) is 0 Å². The molecule has 2 saturated heterocycles. The molecular formula is C20H30N4O5S. The third-order valence-electron chi connectivity index (χ3n) is 5.71. The Bertz CT molecular complexity index is 840. The number of amides is 2. The van der Waals surface area contributed by atoms with Gasteiger partial charge in [0.15, 0.2) is 0 Å². The topological polar surface area (TPSA) is 99.3 Å². The quantitative estimate of drug-likeness (QED) is 0.553. The van der Waals surface area contributed by atoms with E-state index in [-0.39, 0.29) is 30.8 Å². The Kier molecular flexibility index (Phi) is 7.59. The third kappa shape index (κ3) is 5.44. The van der Waals surface area contributed by atoms with Gasteiger partial charge >= 0.3 is 0 Å². The van der Waals surface area contributed by atoms with Gasteiger partial charge in [0.2, 0.25) is 11.8 Å². The minimum absolute atomic E-state index is 0.156. The molecule has 0 saturated carbocycles. The molecule has 1 atom stereocenters. The minimum Gasteiger partial charge on any atom is -0.383 e. The molecule has 0 spiro atoms. The van der Waals surface area contributed by atoms with Crippen LogP contribution in [-0.2, 0) is 31.1 Å². The van der Waals surface area contributed by atoms with Crippen molar-refractivity contribution in [3.8, 4) is 0 Å². The van der Waals surface area contributed by atoms with E-state index in [4.69, 9.17) is 4.74 Å². The van der Waals surface area contributed by atoms with E-state index in [1.807, 2.05) is 35.2 Å². The minimum atomic E-state index is -3.58. The number of likely N-dealkylation sites (N-methyl/N-ethyl adjacent to an activating group) is 1. The highest BCUT2D eigenvalue weighted by molar-refractivity contribution is 7.87. The molecule has 0 aromatic heterocycles. The monoisotopic (exact) mass is 438 g/mol. The first-order chi connectivity index (χ1) is 14.3. The lowest BCUT2D eigenvalue weighted by molar-refractivity contribution is -0.140. The van der Waals surface area contributed by atoms with Gasteiger partial charge in [-0.05, 0) is 18.4 Å². The second-order valence-corrected chi connectivity index (χ2v) is 9.58. The number of hydrogen-bond donors (Lipinski definition) is 1. The second-order valence-electron chi connectivity index (χ2n) is 7.77. The number of carbonyl (C=O) groups excluding carboxylic acids is 2. The maximum Gasteiger partial charge on any atom is 0.279 e. The molecule has 0 aliphatic carbocycles. The summed E-state index contributed by atoms with van der Waals surface area (Å²) in [5.41, 5.74) is 0.922. The molecule has 0 bridgehead atoms. The van der Waals surface area contributed by atoms with Crippen LogP contribution in [0.5, 0.6) is 0 Å². The van der Waals surface area contributed by atoms with Gasteiger partial charge in [0.05, 0.1) is 25.6 Å². The van der Waals surface area contributed by atoms with E-state index in [1.165, 1.54) is 23.4 Å². The summed E-state index contributed by atoms with van der Waals surface area (Å²) in [6.07, 6.45) is 1.36. The van der Waals surface area contributed by atoms with Crippen LogP contribution >= 0.6 is 0 Å². The molecule has 2 amide bonds. The number of methoxy groups -OCH3 is 1. The number of ether oxygens (including phenoxy) is 1. The van der Waals surface area contributed by atoms with Crippen LogP contribution in [-0.4, -0.2) is 86.8 Å². The summed E-state index contributed by atoms with van der Waals surface area (Å²) in [6, 6.07) is 8.82. The fraction of sp³-hybridized carbons (Fsp3) is 0.600. The van der Waals surface area contributed by atoms with Crippen molar-refractivity contribution in [1.82, 2.24) is 18.8 Å². The molecule has 30 heavy (non-hydrogen) atoms. The summed E-state index contributed by atoms with van der Waals surface area (Å²) in [6.45, 7) is 2.03. The fourth-order valence-corrected chi connectivity index (χ4v) is 5.00. The normalized spacial score (nSPS) is 21.7. The first-order valence-electron chi connectivity index (χ1n) is 10.2. The third-order valence-corrected chi connectivity index (χ3v) is 7.34. The lowest BCUT2D eigenvalue weighted by atomic mass is 10.0. The van der Waals surface area contributed by atoms with Crippen molar-refractivity contribution in [2.75, 3.05) is 40.4 Å². The summed E-state index contributed by atoms with van der Waals surface area (Å²) in [5.74, 6) is -0.321.